The molecule has 1 saturated carbocycles. The van der Waals surface area contributed by atoms with Crippen LogP contribution < -0.4 is 20.3 Å². The molecule has 0 bridgehead atoms. The van der Waals surface area contributed by atoms with Crippen molar-refractivity contribution in [2.75, 3.05) is 57.6 Å². The van der Waals surface area contributed by atoms with E-state index < -0.39 is 6.04 Å². The number of carbonyl (C=O) groups excluding carboxylic acids is 2. The number of amides is 2. The number of aryl methyl sites for hydroxylation is 2. The standard InChI is InChI=1S/C48H54Cl2N10O6S/c1-29-30(2)67-48-44(29)45(32-4-7-34(49)8-5-32)54-41(46-58-55-31(3)60(46)48)27-43(61)52-18-21-63-22-23-64-24-25-65-36-16-19-59(20-17-36)42-15-14-40(56-57-42)47(62)53-35-9-12-37(13-10-35)66-38-11-6-33(28-51)39(50)26-38/h4-8,11,14-15,26,35-37,41H,9-10,12-13,16-25,27H2,1-3H3,(H,52,61)(H,53,62)/t35?,37?,41-/m0/s1. The predicted octanol–water partition coefficient (Wildman–Crippen LogP) is 7.46. The minimum atomic E-state index is -0.543. The van der Waals surface area contributed by atoms with E-state index in [0.717, 1.165) is 90.7 Å². The number of nitrogens with one attached hydrogen (secondary N) is 2. The maximum atomic E-state index is 13.3. The van der Waals surface area contributed by atoms with E-state index in [4.69, 9.17) is 52.4 Å². The molecule has 16 nitrogen and oxygen atoms in total. The summed E-state index contributed by atoms with van der Waals surface area (Å²) in [7, 11) is 0. The third-order valence-electron chi connectivity index (χ3n) is 12.3. The number of ether oxygens (including phenoxy) is 4. The number of rotatable bonds is 18. The highest BCUT2D eigenvalue weighted by atomic mass is 35.5. The van der Waals surface area contributed by atoms with Gasteiger partial charge in [-0.25, -0.2) is 0 Å². The van der Waals surface area contributed by atoms with Crippen LogP contribution >= 0.6 is 34.5 Å². The quantitative estimate of drug-likeness (QED) is 0.0826. The number of nitriles is 1. The van der Waals surface area contributed by atoms with Gasteiger partial charge >= 0.3 is 0 Å². The van der Waals surface area contributed by atoms with Gasteiger partial charge in [0.1, 0.15) is 28.7 Å². The fourth-order valence-corrected chi connectivity index (χ4v) is 10.1. The zero-order valence-corrected chi connectivity index (χ0v) is 40.1. The van der Waals surface area contributed by atoms with E-state index in [2.05, 4.69) is 55.8 Å². The van der Waals surface area contributed by atoms with Gasteiger partial charge in [-0.3, -0.25) is 19.1 Å². The van der Waals surface area contributed by atoms with Gasteiger partial charge in [0.05, 0.1) is 68.0 Å². The number of thiophene rings is 1. The summed E-state index contributed by atoms with van der Waals surface area (Å²) in [6.45, 7) is 10.1. The Kier molecular flexibility index (Phi) is 16.1. The van der Waals surface area contributed by atoms with E-state index in [0.29, 0.717) is 66.8 Å². The van der Waals surface area contributed by atoms with Crippen LogP contribution in [-0.2, 0) is 19.0 Å². The van der Waals surface area contributed by atoms with E-state index in [1.54, 1.807) is 35.6 Å². The van der Waals surface area contributed by atoms with Gasteiger partial charge in [-0.15, -0.1) is 31.7 Å². The zero-order chi connectivity index (χ0) is 46.9. The fraction of sp³-hybridized carbons (Fsp3) is 0.458. The SMILES string of the molecule is Cc1sc2c(c1C)C(c1ccc(Cl)cc1)=N[C@@H](CC(=O)NCCOCCOCCOC1CCN(c3ccc(C(=O)NC4CCC(Oc5ccc(C#N)c(Cl)c5)CC4)nn3)CC1)c1nnc(C)n1-2. The first-order valence-electron chi connectivity index (χ1n) is 22.7. The van der Waals surface area contributed by atoms with Crippen LogP contribution in [0.5, 0.6) is 5.75 Å². The Labute approximate surface area is 404 Å². The van der Waals surface area contributed by atoms with Crippen molar-refractivity contribution in [2.45, 2.75) is 90.0 Å². The van der Waals surface area contributed by atoms with Crippen molar-refractivity contribution in [1.29, 1.82) is 5.26 Å². The highest BCUT2D eigenvalue weighted by Crippen LogP contribution is 2.40. The Balaban J connectivity index is 0.680. The molecule has 2 fully saturated rings. The van der Waals surface area contributed by atoms with E-state index in [9.17, 15) is 9.59 Å². The average molecular weight is 970 g/mol. The summed E-state index contributed by atoms with van der Waals surface area (Å²) in [5.74, 6) is 2.36. The molecule has 352 valence electrons. The molecule has 19 heteroatoms. The van der Waals surface area contributed by atoms with Gasteiger partial charge in [-0.1, -0.05) is 35.3 Å². The number of anilines is 1. The minimum Gasteiger partial charge on any atom is -0.490 e. The molecule has 2 aromatic carbocycles. The maximum Gasteiger partial charge on any atom is 0.272 e. The van der Waals surface area contributed by atoms with Crippen molar-refractivity contribution < 1.29 is 28.5 Å². The van der Waals surface area contributed by atoms with Gasteiger partial charge in [0.25, 0.3) is 5.91 Å². The normalized spacial score (nSPS) is 18.3. The van der Waals surface area contributed by atoms with Gasteiger partial charge < -0.3 is 34.5 Å². The van der Waals surface area contributed by atoms with Crippen molar-refractivity contribution in [3.05, 3.63) is 109 Å². The fourth-order valence-electron chi connectivity index (χ4n) is 8.54. The van der Waals surface area contributed by atoms with Crippen molar-refractivity contribution in [2.24, 2.45) is 4.99 Å². The van der Waals surface area contributed by atoms with Crippen LogP contribution in [0, 0.1) is 32.1 Å². The van der Waals surface area contributed by atoms with Crippen LogP contribution in [-0.4, -0.2) is 113 Å². The van der Waals surface area contributed by atoms with Gasteiger partial charge in [-0.2, -0.15) is 5.26 Å². The highest BCUT2D eigenvalue weighted by molar-refractivity contribution is 7.15. The molecule has 5 aromatic rings. The highest BCUT2D eigenvalue weighted by Gasteiger charge is 2.33. The van der Waals surface area contributed by atoms with Crippen molar-refractivity contribution in [1.82, 2.24) is 35.6 Å². The third-order valence-corrected chi connectivity index (χ3v) is 14.0. The van der Waals surface area contributed by atoms with Crippen molar-refractivity contribution in [3.8, 4) is 16.8 Å². The minimum absolute atomic E-state index is 0.0182. The summed E-state index contributed by atoms with van der Waals surface area (Å²) < 4.78 is 25.7. The topological polar surface area (TPSA) is 191 Å². The second kappa shape index (κ2) is 22.5. The summed E-state index contributed by atoms with van der Waals surface area (Å²) >= 11 is 14.1. The number of halogens is 2. The Bertz CT molecular complexity index is 2580. The molecule has 2 amide bonds. The Morgan fingerprint density at radius 3 is 2.31 bits per heavy atom. The lowest BCUT2D eigenvalue weighted by Gasteiger charge is -2.32. The van der Waals surface area contributed by atoms with E-state index in [1.807, 2.05) is 41.8 Å². The second-order valence-corrected chi connectivity index (χ2v) is 18.9. The van der Waals surface area contributed by atoms with E-state index in [1.165, 1.54) is 4.88 Å². The Morgan fingerprint density at radius 2 is 1.60 bits per heavy atom. The number of hydrogen-bond acceptors (Lipinski definition) is 14. The number of benzene rings is 2. The molecule has 3 aliphatic rings. The predicted molar refractivity (Wildman–Crippen MR) is 256 cm³/mol. The molecule has 2 N–H and O–H groups in total. The smallest absolute Gasteiger partial charge is 0.272 e. The number of aliphatic imine (C=N–C) groups is 1. The summed E-state index contributed by atoms with van der Waals surface area (Å²) in [6, 6.07) is 17.8. The Hall–Kier alpha value is -5.48. The molecule has 2 aliphatic heterocycles. The lowest BCUT2D eigenvalue weighted by Crippen LogP contribution is -2.40. The number of fused-ring (bicyclic) bond motifs is 3. The number of nitrogens with zero attached hydrogens (tertiary/aromatic N) is 8. The number of aromatic nitrogens is 5. The molecular formula is C48H54Cl2N10O6S. The third kappa shape index (κ3) is 12.0. The van der Waals surface area contributed by atoms with Gasteiger partial charge in [0.2, 0.25) is 5.91 Å². The molecule has 1 saturated heterocycles. The van der Waals surface area contributed by atoms with Gasteiger partial charge in [-0.05, 0) is 101 Å². The summed E-state index contributed by atoms with van der Waals surface area (Å²) in [5, 5.41) is 34.7. The zero-order valence-electron chi connectivity index (χ0n) is 37.8. The van der Waals surface area contributed by atoms with Crippen LogP contribution in [0.1, 0.15) is 100 Å². The van der Waals surface area contributed by atoms with Gasteiger partial charge in [0.15, 0.2) is 17.3 Å². The molecule has 0 radical (unpaired) electrons. The lowest BCUT2D eigenvalue weighted by atomic mass is 9.93. The Morgan fingerprint density at radius 1 is 0.851 bits per heavy atom. The molecule has 8 rings (SSSR count). The first-order chi connectivity index (χ1) is 32.5. The summed E-state index contributed by atoms with van der Waals surface area (Å²) in [4.78, 5) is 34.7. The maximum absolute atomic E-state index is 13.3. The van der Waals surface area contributed by atoms with Crippen LogP contribution in [0.2, 0.25) is 10.0 Å². The van der Waals surface area contributed by atoms with Crippen LogP contribution in [0.15, 0.2) is 59.6 Å². The molecule has 0 spiro atoms. The van der Waals surface area contributed by atoms with Crippen LogP contribution in [0.25, 0.3) is 5.00 Å². The monoisotopic (exact) mass is 968 g/mol. The lowest BCUT2D eigenvalue weighted by molar-refractivity contribution is -0.121. The van der Waals surface area contributed by atoms with E-state index >= 15 is 0 Å². The molecule has 1 aliphatic carbocycles. The average Bonchev–Trinajstić information content (AvgIpc) is 3.82. The molecule has 3 aromatic heterocycles. The largest absolute Gasteiger partial charge is 0.490 e. The van der Waals surface area contributed by atoms with Crippen LogP contribution in [0.3, 0.4) is 0 Å². The summed E-state index contributed by atoms with van der Waals surface area (Å²) in [5.41, 5.74) is 4.59. The molecule has 5 heterocycles. The summed E-state index contributed by atoms with van der Waals surface area (Å²) in [6.07, 6.45) is 5.07. The number of hydrogen-bond donors (Lipinski definition) is 2. The van der Waals surface area contributed by atoms with Gasteiger partial charge in [0, 0.05) is 52.8 Å². The molecule has 0 unspecified atom stereocenters. The van der Waals surface area contributed by atoms with E-state index in [-0.39, 0.29) is 42.2 Å². The molecule has 1 atom stereocenters. The first kappa shape index (κ1) is 48.0. The number of carbonyl (C=O) groups is 2. The number of piperidine rings is 1. The first-order valence-corrected chi connectivity index (χ1v) is 24.3. The molecular weight excluding hydrogens is 916 g/mol. The van der Waals surface area contributed by atoms with Crippen LogP contribution in [0.4, 0.5) is 5.82 Å². The van der Waals surface area contributed by atoms with Crippen molar-refractivity contribution in [3.63, 3.8) is 0 Å². The van der Waals surface area contributed by atoms with Crippen molar-refractivity contribution >= 4 is 57.9 Å². The second-order valence-electron chi connectivity index (χ2n) is 16.8. The molecule has 67 heavy (non-hydrogen) atoms.